The molecular formula is C32H33BrN6O4. The number of carbonyl (C=O) groups is 2. The van der Waals surface area contributed by atoms with Gasteiger partial charge < -0.3 is 26.2 Å². The number of amides is 2. The van der Waals surface area contributed by atoms with Gasteiger partial charge in [-0.25, -0.2) is 0 Å². The fourth-order valence-electron chi connectivity index (χ4n) is 5.17. The zero-order valence-corrected chi connectivity index (χ0v) is 25.2. The van der Waals surface area contributed by atoms with Crippen LogP contribution in [-0.4, -0.2) is 43.6 Å². The minimum absolute atomic E-state index is 0.0177. The lowest BCUT2D eigenvalue weighted by Crippen LogP contribution is -2.44. The number of aromatic nitrogens is 3. The molecule has 0 spiro atoms. The lowest BCUT2D eigenvalue weighted by molar-refractivity contribution is -0.139. The van der Waals surface area contributed by atoms with Gasteiger partial charge in [0.2, 0.25) is 0 Å². The molecule has 5 N–H and O–H groups in total. The number of anilines is 3. The van der Waals surface area contributed by atoms with Crippen molar-refractivity contribution >= 4 is 44.8 Å². The molecule has 222 valence electrons. The number of nitrogens with two attached hydrogens (primary N) is 1. The van der Waals surface area contributed by atoms with Gasteiger partial charge in [0, 0.05) is 58.7 Å². The summed E-state index contributed by atoms with van der Waals surface area (Å²) in [6.07, 6.45) is 6.66. The topological polar surface area (TPSA) is 147 Å². The minimum atomic E-state index is -1.77. The minimum Gasteiger partial charge on any atom is -0.399 e. The normalized spacial score (nSPS) is 16.9. The molecule has 0 radical (unpaired) electrons. The Labute approximate surface area is 258 Å². The molecule has 0 saturated carbocycles. The molecule has 2 atom stereocenters. The second-order valence-electron chi connectivity index (χ2n) is 10.5. The standard InChI is InChI=1S/C32H33BrN6O4/c1-21(5-2-3-15-38-20-27(14-16-40)36-37-38)32(43)28-18-24(33)10-13-29(28)39(31(32)42)19-22-6-4-7-26(17-22)35-30(41)23-8-11-25(34)12-9-23/h2,4-13,17-18,20-21,40,43H,3,14-16,19,34H2,1H3,(H,35,41)/b5-2+/t21-,32+/m0/s1. The molecule has 5 rings (SSSR count). The van der Waals surface area contributed by atoms with E-state index in [0.717, 1.165) is 15.7 Å². The van der Waals surface area contributed by atoms with Crippen LogP contribution in [0.5, 0.6) is 0 Å². The van der Waals surface area contributed by atoms with Gasteiger partial charge >= 0.3 is 0 Å². The molecule has 0 unspecified atom stereocenters. The molecule has 0 bridgehead atoms. The van der Waals surface area contributed by atoms with Crippen molar-refractivity contribution in [3.05, 3.63) is 112 Å². The van der Waals surface area contributed by atoms with Crippen LogP contribution < -0.4 is 16.0 Å². The van der Waals surface area contributed by atoms with E-state index in [9.17, 15) is 14.7 Å². The summed E-state index contributed by atoms with van der Waals surface area (Å²) in [6.45, 7) is 2.63. The SMILES string of the molecule is C[C@@H](/C=C/CCn1cc(CCO)nn1)[C@]1(O)C(=O)N(Cc2cccc(NC(=O)c3ccc(N)cc3)c2)c2ccc(Br)cc21. The number of nitrogen functional groups attached to an aromatic ring is 1. The summed E-state index contributed by atoms with van der Waals surface area (Å²) in [5.41, 5.74) is 8.28. The van der Waals surface area contributed by atoms with Crippen LogP contribution in [0.1, 0.15) is 40.5 Å². The van der Waals surface area contributed by atoms with Crippen molar-refractivity contribution in [3.8, 4) is 0 Å². The number of nitrogens with one attached hydrogen (secondary N) is 1. The fraction of sp³-hybridized carbons (Fsp3) is 0.250. The van der Waals surface area contributed by atoms with Gasteiger partial charge in [0.1, 0.15) is 0 Å². The van der Waals surface area contributed by atoms with Gasteiger partial charge in [-0.2, -0.15) is 0 Å². The largest absolute Gasteiger partial charge is 0.399 e. The van der Waals surface area contributed by atoms with Gasteiger partial charge in [-0.15, -0.1) is 5.10 Å². The van der Waals surface area contributed by atoms with Crippen molar-refractivity contribution in [2.75, 3.05) is 22.6 Å². The molecule has 1 aliphatic rings. The Morgan fingerprint density at radius 3 is 2.72 bits per heavy atom. The third kappa shape index (κ3) is 6.53. The molecular weight excluding hydrogens is 612 g/mol. The summed E-state index contributed by atoms with van der Waals surface area (Å²) in [5.74, 6) is -1.21. The zero-order chi connectivity index (χ0) is 30.6. The fourth-order valence-corrected chi connectivity index (χ4v) is 5.53. The molecule has 4 aromatic rings. The first kappa shape index (κ1) is 30.1. The summed E-state index contributed by atoms with van der Waals surface area (Å²) in [7, 11) is 0. The molecule has 1 aromatic heterocycles. The number of halogens is 1. The number of aliphatic hydroxyl groups excluding tert-OH is 1. The number of benzene rings is 3. The van der Waals surface area contributed by atoms with E-state index in [1.807, 2.05) is 49.4 Å². The van der Waals surface area contributed by atoms with Crippen LogP contribution in [0.15, 0.2) is 89.6 Å². The third-order valence-corrected chi connectivity index (χ3v) is 7.99. The summed E-state index contributed by atoms with van der Waals surface area (Å²) in [4.78, 5) is 28.3. The summed E-state index contributed by atoms with van der Waals surface area (Å²) < 4.78 is 2.46. The first-order valence-corrected chi connectivity index (χ1v) is 14.7. The first-order chi connectivity index (χ1) is 20.7. The number of hydrogen-bond acceptors (Lipinski definition) is 7. The Morgan fingerprint density at radius 1 is 1.16 bits per heavy atom. The molecule has 2 amide bonds. The van der Waals surface area contributed by atoms with Gasteiger partial charge in [-0.1, -0.05) is 52.4 Å². The number of rotatable bonds is 11. The maximum Gasteiger partial charge on any atom is 0.264 e. The summed E-state index contributed by atoms with van der Waals surface area (Å²) >= 11 is 3.49. The Balaban J connectivity index is 1.31. The van der Waals surface area contributed by atoms with Crippen LogP contribution in [0.2, 0.25) is 0 Å². The van der Waals surface area contributed by atoms with E-state index in [0.29, 0.717) is 47.6 Å². The number of carbonyl (C=O) groups excluding carboxylic acids is 2. The van der Waals surface area contributed by atoms with E-state index in [2.05, 4.69) is 31.6 Å². The van der Waals surface area contributed by atoms with Crippen LogP contribution in [-0.2, 0) is 29.9 Å². The molecule has 11 heteroatoms. The molecule has 0 fully saturated rings. The van der Waals surface area contributed by atoms with Crippen molar-refractivity contribution in [1.29, 1.82) is 0 Å². The van der Waals surface area contributed by atoms with Crippen LogP contribution in [0.4, 0.5) is 17.1 Å². The average molecular weight is 646 g/mol. The Morgan fingerprint density at radius 2 is 1.95 bits per heavy atom. The van der Waals surface area contributed by atoms with Crippen molar-refractivity contribution < 1.29 is 19.8 Å². The van der Waals surface area contributed by atoms with Crippen LogP contribution >= 0.6 is 15.9 Å². The molecule has 3 aromatic carbocycles. The number of allylic oxidation sites excluding steroid dienone is 1. The van der Waals surface area contributed by atoms with Crippen LogP contribution in [0.25, 0.3) is 0 Å². The molecule has 43 heavy (non-hydrogen) atoms. The van der Waals surface area contributed by atoms with E-state index in [1.165, 1.54) is 0 Å². The number of aliphatic hydroxyl groups is 2. The second-order valence-corrected chi connectivity index (χ2v) is 11.5. The quantitative estimate of drug-likeness (QED) is 0.140. The predicted octanol–water partition coefficient (Wildman–Crippen LogP) is 4.43. The highest BCUT2D eigenvalue weighted by atomic mass is 79.9. The van der Waals surface area contributed by atoms with Crippen molar-refractivity contribution in [2.24, 2.45) is 5.92 Å². The van der Waals surface area contributed by atoms with Crippen molar-refractivity contribution in [1.82, 2.24) is 15.0 Å². The first-order valence-electron chi connectivity index (χ1n) is 14.0. The average Bonchev–Trinajstić information content (AvgIpc) is 3.52. The highest BCUT2D eigenvalue weighted by Crippen LogP contribution is 2.46. The maximum absolute atomic E-state index is 13.9. The summed E-state index contributed by atoms with van der Waals surface area (Å²) in [6, 6.07) is 19.4. The van der Waals surface area contributed by atoms with E-state index in [-0.39, 0.29) is 19.1 Å². The lowest BCUT2D eigenvalue weighted by Gasteiger charge is -2.28. The highest BCUT2D eigenvalue weighted by molar-refractivity contribution is 9.10. The monoisotopic (exact) mass is 644 g/mol. The van der Waals surface area contributed by atoms with Gasteiger partial charge in [0.05, 0.1) is 17.9 Å². The lowest BCUT2D eigenvalue weighted by atomic mass is 9.83. The van der Waals surface area contributed by atoms with E-state index < -0.39 is 17.4 Å². The molecule has 0 saturated heterocycles. The van der Waals surface area contributed by atoms with Crippen molar-refractivity contribution in [2.45, 2.75) is 38.5 Å². The molecule has 10 nitrogen and oxygen atoms in total. The smallest absolute Gasteiger partial charge is 0.264 e. The number of aryl methyl sites for hydroxylation is 1. The maximum atomic E-state index is 13.9. The van der Waals surface area contributed by atoms with Gasteiger partial charge in [0.25, 0.3) is 11.8 Å². The van der Waals surface area contributed by atoms with Gasteiger partial charge in [-0.05, 0) is 66.6 Å². The van der Waals surface area contributed by atoms with Gasteiger partial charge in [0.15, 0.2) is 5.60 Å². The summed E-state index contributed by atoms with van der Waals surface area (Å²) in [5, 5.41) is 32.0. The number of nitrogens with zero attached hydrogens (tertiary/aromatic N) is 4. The van der Waals surface area contributed by atoms with E-state index in [4.69, 9.17) is 10.8 Å². The molecule has 0 aliphatic carbocycles. The molecule has 1 aliphatic heterocycles. The van der Waals surface area contributed by atoms with Crippen LogP contribution in [0, 0.1) is 5.92 Å². The highest BCUT2D eigenvalue weighted by Gasteiger charge is 2.52. The van der Waals surface area contributed by atoms with E-state index in [1.54, 1.807) is 52.2 Å². The predicted molar refractivity (Wildman–Crippen MR) is 168 cm³/mol. The van der Waals surface area contributed by atoms with Gasteiger partial charge in [-0.3, -0.25) is 14.3 Å². The number of hydrogen-bond donors (Lipinski definition) is 4. The van der Waals surface area contributed by atoms with Crippen LogP contribution in [0.3, 0.4) is 0 Å². The Kier molecular flexibility index (Phi) is 9.05. The second kappa shape index (κ2) is 12.9. The molecule has 2 heterocycles. The Hall–Kier alpha value is -4.32. The zero-order valence-electron chi connectivity index (χ0n) is 23.7. The van der Waals surface area contributed by atoms with E-state index >= 15 is 0 Å². The van der Waals surface area contributed by atoms with Crippen molar-refractivity contribution in [3.63, 3.8) is 0 Å². The number of fused-ring (bicyclic) bond motifs is 1. The Bertz CT molecular complexity index is 1650. The third-order valence-electron chi connectivity index (χ3n) is 7.49.